The van der Waals surface area contributed by atoms with Crippen molar-refractivity contribution in [2.45, 2.75) is 11.4 Å². The summed E-state index contributed by atoms with van der Waals surface area (Å²) >= 11 is 1.70. The third kappa shape index (κ3) is 1.81. The first-order chi connectivity index (χ1) is 8.79. The molecule has 2 nitrogen and oxygen atoms in total. The minimum Gasteiger partial charge on any atom is -0.304 e. The first kappa shape index (κ1) is 11.4. The van der Waals surface area contributed by atoms with Crippen molar-refractivity contribution >= 4 is 23.4 Å². The number of carbonyl (C=O) groups excluding carboxylic acids is 1. The molecular formula is C15H13NOS. The van der Waals surface area contributed by atoms with Gasteiger partial charge in [-0.3, -0.25) is 4.79 Å². The highest BCUT2D eigenvalue weighted by molar-refractivity contribution is 7.98. The topological polar surface area (TPSA) is 20.3 Å². The average molecular weight is 255 g/mol. The van der Waals surface area contributed by atoms with E-state index in [2.05, 4.69) is 12.1 Å². The Morgan fingerprint density at radius 2 is 1.78 bits per heavy atom. The molecule has 0 aromatic heterocycles. The summed E-state index contributed by atoms with van der Waals surface area (Å²) < 4.78 is 0. The Hall–Kier alpha value is -1.74. The lowest BCUT2D eigenvalue weighted by Crippen LogP contribution is -2.22. The lowest BCUT2D eigenvalue weighted by atomic mass is 10.1. The molecule has 0 bridgehead atoms. The summed E-state index contributed by atoms with van der Waals surface area (Å²) in [5.41, 5.74) is 2.90. The summed E-state index contributed by atoms with van der Waals surface area (Å²) in [6, 6.07) is 15.9. The minimum absolute atomic E-state index is 0.0995. The Morgan fingerprint density at radius 1 is 1.06 bits per heavy atom. The van der Waals surface area contributed by atoms with Crippen LogP contribution in [0.1, 0.15) is 15.9 Å². The fourth-order valence-electron chi connectivity index (χ4n) is 2.23. The molecule has 0 unspecified atom stereocenters. The van der Waals surface area contributed by atoms with Crippen LogP contribution < -0.4 is 4.90 Å². The Labute approximate surface area is 111 Å². The lowest BCUT2D eigenvalue weighted by molar-refractivity contribution is 0.0996. The highest BCUT2D eigenvalue weighted by Gasteiger charge is 2.27. The van der Waals surface area contributed by atoms with E-state index in [1.165, 1.54) is 4.90 Å². The van der Waals surface area contributed by atoms with Crippen molar-refractivity contribution < 1.29 is 4.79 Å². The molecule has 0 aliphatic carbocycles. The van der Waals surface area contributed by atoms with E-state index in [0.717, 1.165) is 16.8 Å². The molecular weight excluding hydrogens is 242 g/mol. The highest BCUT2D eigenvalue weighted by atomic mass is 32.2. The molecule has 3 heteroatoms. The SMILES string of the molecule is CSc1ccc(N2Cc3ccccc3C2=O)cc1. The summed E-state index contributed by atoms with van der Waals surface area (Å²) in [5, 5.41) is 0. The van der Waals surface area contributed by atoms with Crippen molar-refractivity contribution in [1.29, 1.82) is 0 Å². The number of carbonyl (C=O) groups is 1. The van der Waals surface area contributed by atoms with Crippen molar-refractivity contribution in [3.8, 4) is 0 Å². The normalized spacial score (nSPS) is 13.8. The molecule has 18 heavy (non-hydrogen) atoms. The number of hydrogen-bond donors (Lipinski definition) is 0. The van der Waals surface area contributed by atoms with Crippen LogP contribution in [0.2, 0.25) is 0 Å². The van der Waals surface area contributed by atoms with Crippen LogP contribution in [0.5, 0.6) is 0 Å². The van der Waals surface area contributed by atoms with E-state index in [4.69, 9.17) is 0 Å². The molecule has 3 rings (SSSR count). The molecule has 1 amide bonds. The van der Waals surface area contributed by atoms with Crippen LogP contribution in [0.4, 0.5) is 5.69 Å². The van der Waals surface area contributed by atoms with Crippen LogP contribution in [-0.4, -0.2) is 12.2 Å². The van der Waals surface area contributed by atoms with Gasteiger partial charge in [-0.25, -0.2) is 0 Å². The number of fused-ring (bicyclic) bond motifs is 1. The summed E-state index contributed by atoms with van der Waals surface area (Å²) in [6.45, 7) is 0.674. The quantitative estimate of drug-likeness (QED) is 0.765. The first-order valence-electron chi connectivity index (χ1n) is 5.83. The zero-order valence-corrected chi connectivity index (χ0v) is 10.9. The fourth-order valence-corrected chi connectivity index (χ4v) is 2.63. The van der Waals surface area contributed by atoms with Gasteiger partial charge in [0.25, 0.3) is 5.91 Å². The number of anilines is 1. The van der Waals surface area contributed by atoms with E-state index < -0.39 is 0 Å². The molecule has 0 spiro atoms. The van der Waals surface area contributed by atoms with Gasteiger partial charge >= 0.3 is 0 Å². The van der Waals surface area contributed by atoms with Gasteiger partial charge < -0.3 is 4.90 Å². The van der Waals surface area contributed by atoms with Gasteiger partial charge in [-0.2, -0.15) is 0 Å². The van der Waals surface area contributed by atoms with Crippen molar-refractivity contribution in [3.63, 3.8) is 0 Å². The molecule has 0 atom stereocenters. The average Bonchev–Trinajstić information content (AvgIpc) is 2.77. The van der Waals surface area contributed by atoms with Gasteiger partial charge in [0.1, 0.15) is 0 Å². The van der Waals surface area contributed by atoms with E-state index in [1.54, 1.807) is 11.8 Å². The summed E-state index contributed by atoms with van der Waals surface area (Å²) in [5.74, 6) is 0.0995. The van der Waals surface area contributed by atoms with Crippen molar-refractivity contribution in [3.05, 3.63) is 59.7 Å². The number of benzene rings is 2. The van der Waals surface area contributed by atoms with Gasteiger partial charge in [-0.15, -0.1) is 11.8 Å². The Kier molecular flexibility index (Phi) is 2.84. The van der Waals surface area contributed by atoms with Gasteiger partial charge in [0.05, 0.1) is 6.54 Å². The van der Waals surface area contributed by atoms with E-state index in [1.807, 2.05) is 47.6 Å². The van der Waals surface area contributed by atoms with E-state index >= 15 is 0 Å². The van der Waals surface area contributed by atoms with Crippen LogP contribution >= 0.6 is 11.8 Å². The van der Waals surface area contributed by atoms with Crippen LogP contribution in [0.3, 0.4) is 0 Å². The molecule has 2 aromatic rings. The Bertz CT molecular complexity index is 592. The van der Waals surface area contributed by atoms with Gasteiger partial charge in [0.15, 0.2) is 0 Å². The smallest absolute Gasteiger partial charge is 0.258 e. The molecule has 0 radical (unpaired) electrons. The molecule has 0 fully saturated rings. The molecule has 1 heterocycles. The van der Waals surface area contributed by atoms with E-state index in [9.17, 15) is 4.79 Å². The molecule has 2 aromatic carbocycles. The monoisotopic (exact) mass is 255 g/mol. The lowest BCUT2D eigenvalue weighted by Gasteiger charge is -2.15. The largest absolute Gasteiger partial charge is 0.304 e. The van der Waals surface area contributed by atoms with Gasteiger partial charge in [0.2, 0.25) is 0 Å². The zero-order valence-electron chi connectivity index (χ0n) is 10.1. The minimum atomic E-state index is 0.0995. The molecule has 0 N–H and O–H groups in total. The van der Waals surface area contributed by atoms with Gasteiger partial charge in [-0.1, -0.05) is 18.2 Å². The van der Waals surface area contributed by atoms with Crippen molar-refractivity contribution in [2.24, 2.45) is 0 Å². The number of nitrogens with zero attached hydrogens (tertiary/aromatic N) is 1. The predicted octanol–water partition coefficient (Wildman–Crippen LogP) is 3.57. The molecule has 1 aliphatic rings. The van der Waals surface area contributed by atoms with E-state index in [-0.39, 0.29) is 5.91 Å². The zero-order chi connectivity index (χ0) is 12.5. The fraction of sp³-hybridized carbons (Fsp3) is 0.133. The molecule has 0 saturated carbocycles. The Balaban J connectivity index is 1.93. The summed E-state index contributed by atoms with van der Waals surface area (Å²) in [6.07, 6.45) is 2.05. The first-order valence-corrected chi connectivity index (χ1v) is 7.06. The maximum Gasteiger partial charge on any atom is 0.258 e. The van der Waals surface area contributed by atoms with Crippen LogP contribution in [0.25, 0.3) is 0 Å². The number of amides is 1. The summed E-state index contributed by atoms with van der Waals surface area (Å²) in [7, 11) is 0. The number of rotatable bonds is 2. The Morgan fingerprint density at radius 3 is 2.44 bits per heavy atom. The summed E-state index contributed by atoms with van der Waals surface area (Å²) in [4.78, 5) is 15.3. The number of thioether (sulfide) groups is 1. The number of hydrogen-bond acceptors (Lipinski definition) is 2. The van der Waals surface area contributed by atoms with Gasteiger partial charge in [-0.05, 0) is 42.2 Å². The third-order valence-electron chi connectivity index (χ3n) is 3.21. The van der Waals surface area contributed by atoms with Crippen LogP contribution in [0, 0.1) is 0 Å². The predicted molar refractivity (Wildman–Crippen MR) is 75.2 cm³/mol. The van der Waals surface area contributed by atoms with E-state index in [0.29, 0.717) is 6.54 Å². The third-order valence-corrected chi connectivity index (χ3v) is 3.95. The van der Waals surface area contributed by atoms with Gasteiger partial charge in [0, 0.05) is 16.1 Å². The van der Waals surface area contributed by atoms with Crippen LogP contribution in [0.15, 0.2) is 53.4 Å². The molecule has 0 saturated heterocycles. The maximum atomic E-state index is 12.3. The van der Waals surface area contributed by atoms with Crippen LogP contribution in [-0.2, 0) is 6.54 Å². The second kappa shape index (κ2) is 4.50. The second-order valence-electron chi connectivity index (χ2n) is 4.25. The maximum absolute atomic E-state index is 12.3. The highest BCUT2D eigenvalue weighted by Crippen LogP contribution is 2.29. The second-order valence-corrected chi connectivity index (χ2v) is 5.13. The standard InChI is InChI=1S/C15H13NOS/c1-18-13-8-6-12(7-9-13)16-10-11-4-2-3-5-14(11)15(16)17/h2-9H,10H2,1H3. The van der Waals surface area contributed by atoms with Crippen molar-refractivity contribution in [1.82, 2.24) is 0 Å². The van der Waals surface area contributed by atoms with Crippen molar-refractivity contribution in [2.75, 3.05) is 11.2 Å². The molecule has 90 valence electrons. The molecule has 1 aliphatic heterocycles.